The summed E-state index contributed by atoms with van der Waals surface area (Å²) in [7, 11) is 0. The molecule has 0 unspecified atom stereocenters. The maximum absolute atomic E-state index is 14.6. The molecule has 3 heterocycles. The number of nitrogens with one attached hydrogen (secondary N) is 1. The van der Waals surface area contributed by atoms with E-state index in [4.69, 9.17) is 9.15 Å². The Morgan fingerprint density at radius 2 is 1.97 bits per heavy atom. The Morgan fingerprint density at radius 1 is 1.21 bits per heavy atom. The number of cyclic esters (lactones) is 1. The van der Waals surface area contributed by atoms with Crippen molar-refractivity contribution in [3.63, 3.8) is 0 Å². The number of halogens is 2. The van der Waals surface area contributed by atoms with Crippen molar-refractivity contribution in [2.24, 2.45) is 11.8 Å². The maximum atomic E-state index is 14.6. The summed E-state index contributed by atoms with van der Waals surface area (Å²) in [5.41, 5.74) is 0.983. The number of oxazole rings is 1. The number of ether oxygens (including phenoxy) is 1. The Morgan fingerprint density at radius 3 is 2.71 bits per heavy atom. The zero-order valence-corrected chi connectivity index (χ0v) is 24.0. The van der Waals surface area contributed by atoms with Crippen LogP contribution in [0.1, 0.15) is 69.8 Å². The first kappa shape index (κ1) is 29.8. The molecular formula is C28H37BrFN3O5. The lowest BCUT2D eigenvalue weighted by Crippen LogP contribution is -2.44. The molecule has 0 aliphatic carbocycles. The molecule has 3 rings (SSSR count). The van der Waals surface area contributed by atoms with Gasteiger partial charge in [0.25, 0.3) is 5.91 Å². The third-order valence-corrected chi connectivity index (χ3v) is 7.25. The van der Waals surface area contributed by atoms with Crippen molar-refractivity contribution in [2.75, 3.05) is 13.1 Å². The highest BCUT2D eigenvalue weighted by Crippen LogP contribution is 2.28. The van der Waals surface area contributed by atoms with E-state index in [0.717, 1.165) is 5.57 Å². The molecule has 1 N–H and O–H groups in total. The number of esters is 1. The second-order valence-electron chi connectivity index (χ2n) is 10.2. The van der Waals surface area contributed by atoms with E-state index in [9.17, 15) is 18.8 Å². The molecule has 38 heavy (non-hydrogen) atoms. The number of carbonyl (C=O) groups is 3. The Hall–Kier alpha value is -2.75. The minimum absolute atomic E-state index is 0.0136. The molecule has 4 atom stereocenters. The van der Waals surface area contributed by atoms with Gasteiger partial charge in [-0.05, 0) is 60.5 Å². The fraction of sp³-hybridized carbons (Fsp3) is 0.571. The van der Waals surface area contributed by atoms with E-state index in [-0.39, 0.29) is 46.8 Å². The minimum atomic E-state index is -1.20. The van der Waals surface area contributed by atoms with Crippen molar-refractivity contribution in [1.29, 1.82) is 0 Å². The number of hydrogen-bond acceptors (Lipinski definition) is 6. The molecule has 0 radical (unpaired) electrons. The summed E-state index contributed by atoms with van der Waals surface area (Å²) in [6.45, 7) is 8.42. The van der Waals surface area contributed by atoms with Crippen LogP contribution in [-0.4, -0.2) is 59.1 Å². The van der Waals surface area contributed by atoms with E-state index in [1.807, 2.05) is 45.9 Å². The summed E-state index contributed by atoms with van der Waals surface area (Å²) in [5.74, 6) is -1.31. The number of fused-ring (bicyclic) bond motifs is 3. The zero-order chi connectivity index (χ0) is 27.8. The third-order valence-electron chi connectivity index (χ3n) is 6.71. The van der Waals surface area contributed by atoms with Gasteiger partial charge in [-0.2, -0.15) is 0 Å². The average molecular weight is 595 g/mol. The smallest absolute Gasteiger partial charge is 0.329 e. The second kappa shape index (κ2) is 13.9. The molecule has 208 valence electrons. The van der Waals surface area contributed by atoms with E-state index in [1.54, 1.807) is 6.08 Å². The lowest BCUT2D eigenvalue weighted by Gasteiger charge is -2.29. The van der Waals surface area contributed by atoms with Crippen LogP contribution in [0, 0.1) is 11.8 Å². The van der Waals surface area contributed by atoms with Gasteiger partial charge in [0, 0.05) is 19.0 Å². The van der Waals surface area contributed by atoms with Gasteiger partial charge in [0.2, 0.25) is 10.6 Å². The Kier molecular flexibility index (Phi) is 10.9. The molecule has 2 aliphatic heterocycles. The molecular weight excluding hydrogens is 557 g/mol. The molecule has 1 aromatic heterocycles. The highest BCUT2D eigenvalue weighted by atomic mass is 79.9. The molecule has 0 spiro atoms. The molecule has 2 aliphatic rings. The fourth-order valence-corrected chi connectivity index (χ4v) is 5.12. The lowest BCUT2D eigenvalue weighted by atomic mass is 9.94. The predicted molar refractivity (Wildman–Crippen MR) is 145 cm³/mol. The van der Waals surface area contributed by atoms with Gasteiger partial charge in [-0.3, -0.25) is 9.59 Å². The molecule has 1 saturated heterocycles. The van der Waals surface area contributed by atoms with Crippen LogP contribution in [0.5, 0.6) is 0 Å². The first-order valence-electron chi connectivity index (χ1n) is 13.2. The summed E-state index contributed by atoms with van der Waals surface area (Å²) >= 11 is 3.24. The van der Waals surface area contributed by atoms with Crippen molar-refractivity contribution in [3.8, 4) is 0 Å². The SMILES string of the molecule is CC1=C\CC[C@@H](F)Cc2nc(c(Br)o2)C(=O)N2CCC[C@@H]2C(=O)O[C@H](C(C)C)[C@H](C)/C=C/C(=O)NC\C=C\1. The van der Waals surface area contributed by atoms with Crippen molar-refractivity contribution >= 4 is 33.7 Å². The monoisotopic (exact) mass is 593 g/mol. The van der Waals surface area contributed by atoms with Crippen LogP contribution in [0.2, 0.25) is 0 Å². The van der Waals surface area contributed by atoms with Crippen molar-refractivity contribution in [2.45, 2.75) is 78.1 Å². The molecule has 1 aromatic rings. The summed E-state index contributed by atoms with van der Waals surface area (Å²) in [4.78, 5) is 44.5. The first-order valence-corrected chi connectivity index (χ1v) is 14.0. The predicted octanol–water partition coefficient (Wildman–Crippen LogP) is 5.09. The standard InChI is InChI=1S/C28H37BrFN3O5/c1-17(2)25-19(4)12-13-22(34)31-14-6-9-18(3)8-5-10-20(30)16-23-32-24(26(29)37-23)27(35)33-15-7-11-21(33)28(36)38-25/h6,8-9,12-13,17,19-21,25H,5,7,10-11,14-16H2,1-4H3,(H,31,34)/b9-6+,13-12+,18-8+/t19-,20-,21-,25-/m1/s1. The minimum Gasteiger partial charge on any atom is -0.460 e. The Labute approximate surface area is 231 Å². The van der Waals surface area contributed by atoms with Gasteiger partial charge in [-0.25, -0.2) is 14.2 Å². The number of carbonyl (C=O) groups excluding carboxylic acids is 3. The van der Waals surface area contributed by atoms with Crippen LogP contribution >= 0.6 is 15.9 Å². The van der Waals surface area contributed by atoms with E-state index >= 15 is 0 Å². The highest BCUT2D eigenvalue weighted by molar-refractivity contribution is 9.10. The first-order chi connectivity index (χ1) is 18.1. The van der Waals surface area contributed by atoms with Crippen molar-refractivity contribution in [3.05, 3.63) is 52.2 Å². The molecule has 0 aromatic carbocycles. The Balaban J connectivity index is 1.86. The van der Waals surface area contributed by atoms with Gasteiger partial charge < -0.3 is 19.4 Å². The van der Waals surface area contributed by atoms with Crippen LogP contribution in [0.15, 0.2) is 45.0 Å². The molecule has 8 nitrogen and oxygen atoms in total. The van der Waals surface area contributed by atoms with E-state index < -0.39 is 30.2 Å². The largest absolute Gasteiger partial charge is 0.460 e. The number of allylic oxidation sites excluding steroid dienone is 3. The molecule has 2 bridgehead atoms. The van der Waals surface area contributed by atoms with Gasteiger partial charge in [0.15, 0.2) is 11.6 Å². The lowest BCUT2D eigenvalue weighted by molar-refractivity contribution is -0.158. The molecule has 1 fully saturated rings. The number of aromatic nitrogens is 1. The van der Waals surface area contributed by atoms with Crippen LogP contribution in [0.4, 0.5) is 4.39 Å². The van der Waals surface area contributed by atoms with Crippen LogP contribution in [-0.2, 0) is 20.7 Å². The van der Waals surface area contributed by atoms with Crippen LogP contribution in [0.25, 0.3) is 0 Å². The van der Waals surface area contributed by atoms with Gasteiger partial charge >= 0.3 is 5.97 Å². The number of amides is 2. The number of alkyl halides is 1. The molecule has 10 heteroatoms. The van der Waals surface area contributed by atoms with Crippen LogP contribution in [0.3, 0.4) is 0 Å². The summed E-state index contributed by atoms with van der Waals surface area (Å²) < 4.78 is 26.2. The number of nitrogens with zero attached hydrogens (tertiary/aromatic N) is 2. The second-order valence-corrected chi connectivity index (χ2v) is 10.9. The molecule has 0 saturated carbocycles. The van der Waals surface area contributed by atoms with Gasteiger partial charge in [0.05, 0.1) is 6.42 Å². The van der Waals surface area contributed by atoms with Gasteiger partial charge in [0.1, 0.15) is 18.3 Å². The zero-order valence-electron chi connectivity index (χ0n) is 22.4. The summed E-state index contributed by atoms with van der Waals surface area (Å²) in [6, 6.07) is -0.757. The highest BCUT2D eigenvalue weighted by Gasteiger charge is 2.39. The van der Waals surface area contributed by atoms with Gasteiger partial charge in [-0.1, -0.05) is 50.6 Å². The normalized spacial score (nSPS) is 29.7. The average Bonchev–Trinajstić information content (AvgIpc) is 3.49. The summed E-state index contributed by atoms with van der Waals surface area (Å²) in [6.07, 6.45) is 8.98. The number of hydrogen-bond donors (Lipinski definition) is 1. The van der Waals surface area contributed by atoms with Crippen molar-refractivity contribution in [1.82, 2.24) is 15.2 Å². The molecule has 2 amide bonds. The fourth-order valence-electron chi connectivity index (χ4n) is 4.68. The number of rotatable bonds is 1. The van der Waals surface area contributed by atoms with E-state index in [2.05, 4.69) is 26.2 Å². The maximum Gasteiger partial charge on any atom is 0.329 e. The van der Waals surface area contributed by atoms with E-state index in [0.29, 0.717) is 32.4 Å². The summed E-state index contributed by atoms with van der Waals surface area (Å²) in [5, 5.41) is 2.80. The topological polar surface area (TPSA) is 102 Å². The van der Waals surface area contributed by atoms with Gasteiger partial charge in [-0.15, -0.1) is 0 Å². The Bertz CT molecular complexity index is 1100. The third kappa shape index (κ3) is 8.12. The van der Waals surface area contributed by atoms with Crippen LogP contribution < -0.4 is 5.32 Å². The quantitative estimate of drug-likeness (QED) is 0.455. The van der Waals surface area contributed by atoms with Crippen molar-refractivity contribution < 1.29 is 27.9 Å². The van der Waals surface area contributed by atoms with E-state index in [1.165, 1.54) is 11.0 Å².